The highest BCUT2D eigenvalue weighted by molar-refractivity contribution is 7.21. The fourth-order valence-electron chi connectivity index (χ4n) is 3.13. The normalized spacial score (nSPS) is 12.3. The van der Waals surface area contributed by atoms with Crippen molar-refractivity contribution in [2.45, 2.75) is 25.8 Å². The molecular formula is C20H18N4O2S. The third-order valence-corrected chi connectivity index (χ3v) is 5.56. The van der Waals surface area contributed by atoms with E-state index in [1.165, 1.54) is 5.56 Å². The minimum atomic E-state index is -0.925. The van der Waals surface area contributed by atoms with Gasteiger partial charge in [-0.15, -0.1) is 11.3 Å². The van der Waals surface area contributed by atoms with E-state index in [1.54, 1.807) is 48.3 Å². The van der Waals surface area contributed by atoms with Crippen molar-refractivity contribution in [3.05, 3.63) is 66.2 Å². The number of aromatic nitrogens is 4. The van der Waals surface area contributed by atoms with E-state index in [2.05, 4.69) is 29.1 Å². The van der Waals surface area contributed by atoms with Gasteiger partial charge in [0.25, 0.3) is 0 Å². The molecule has 27 heavy (non-hydrogen) atoms. The van der Waals surface area contributed by atoms with Crippen LogP contribution in [0.2, 0.25) is 0 Å². The third kappa shape index (κ3) is 3.46. The maximum absolute atomic E-state index is 11.0. The molecule has 6 nitrogen and oxygen atoms in total. The fraction of sp³-hybridized carbons (Fsp3) is 0.200. The molecule has 1 atom stereocenters. The minimum absolute atomic E-state index is 0.155. The zero-order valence-corrected chi connectivity index (χ0v) is 15.6. The standard InChI is InChI=1S/C20H18N4O2S/c1-2-3-17(24-12-21-11-22-24)15-8-9-16-18(10-15)27-19(23-16)13-4-6-14(7-5-13)20(25)26/h4-12,17H,2-3H2,1H3,(H,25,26). The van der Waals surface area contributed by atoms with Crippen LogP contribution in [0.3, 0.4) is 0 Å². The lowest BCUT2D eigenvalue weighted by atomic mass is 10.0. The van der Waals surface area contributed by atoms with Crippen LogP contribution in [-0.2, 0) is 0 Å². The summed E-state index contributed by atoms with van der Waals surface area (Å²) in [6.07, 6.45) is 5.35. The van der Waals surface area contributed by atoms with Gasteiger partial charge in [-0.25, -0.2) is 19.4 Å². The highest BCUT2D eigenvalue weighted by Gasteiger charge is 2.16. The van der Waals surface area contributed by atoms with Crippen LogP contribution < -0.4 is 0 Å². The second-order valence-electron chi connectivity index (χ2n) is 6.31. The highest BCUT2D eigenvalue weighted by Crippen LogP contribution is 2.33. The van der Waals surface area contributed by atoms with Gasteiger partial charge in [-0.1, -0.05) is 31.5 Å². The summed E-state index contributed by atoms with van der Waals surface area (Å²) in [5.74, 6) is -0.925. The summed E-state index contributed by atoms with van der Waals surface area (Å²) in [5.41, 5.74) is 3.32. The number of thiazole rings is 1. The van der Waals surface area contributed by atoms with Gasteiger partial charge in [0.05, 0.1) is 21.8 Å². The average molecular weight is 378 g/mol. The van der Waals surface area contributed by atoms with Crippen molar-refractivity contribution in [1.29, 1.82) is 0 Å². The monoisotopic (exact) mass is 378 g/mol. The Labute approximate surface area is 160 Å². The fourth-order valence-corrected chi connectivity index (χ4v) is 4.15. The van der Waals surface area contributed by atoms with Gasteiger partial charge in [0.2, 0.25) is 0 Å². The molecule has 2 aromatic carbocycles. The van der Waals surface area contributed by atoms with Crippen molar-refractivity contribution in [1.82, 2.24) is 19.7 Å². The van der Waals surface area contributed by atoms with Crippen LogP contribution >= 0.6 is 11.3 Å². The van der Waals surface area contributed by atoms with Gasteiger partial charge < -0.3 is 5.11 Å². The molecule has 0 bridgehead atoms. The Bertz CT molecular complexity index is 1070. The van der Waals surface area contributed by atoms with Crippen molar-refractivity contribution in [2.24, 2.45) is 0 Å². The van der Waals surface area contributed by atoms with Gasteiger partial charge in [0.15, 0.2) is 0 Å². The Hall–Kier alpha value is -3.06. The number of fused-ring (bicyclic) bond motifs is 1. The Morgan fingerprint density at radius 3 is 2.70 bits per heavy atom. The van der Waals surface area contributed by atoms with Crippen LogP contribution in [0.25, 0.3) is 20.8 Å². The van der Waals surface area contributed by atoms with Gasteiger partial charge in [-0.2, -0.15) is 5.10 Å². The summed E-state index contributed by atoms with van der Waals surface area (Å²) in [6.45, 7) is 2.16. The molecule has 0 aliphatic heterocycles. The Kier molecular flexibility index (Phi) is 4.68. The first-order chi connectivity index (χ1) is 13.2. The van der Waals surface area contributed by atoms with E-state index in [9.17, 15) is 4.79 Å². The molecule has 0 radical (unpaired) electrons. The lowest BCUT2D eigenvalue weighted by molar-refractivity contribution is 0.0697. The first-order valence-electron chi connectivity index (χ1n) is 8.74. The van der Waals surface area contributed by atoms with Crippen LogP contribution in [0.1, 0.15) is 41.7 Å². The SMILES string of the molecule is CCCC(c1ccc2nc(-c3ccc(C(=O)O)cc3)sc2c1)n1cncn1. The maximum Gasteiger partial charge on any atom is 0.335 e. The van der Waals surface area contributed by atoms with Gasteiger partial charge in [0, 0.05) is 5.56 Å². The van der Waals surface area contributed by atoms with E-state index in [0.717, 1.165) is 33.6 Å². The molecule has 1 N–H and O–H groups in total. The van der Waals surface area contributed by atoms with Crippen LogP contribution in [0.15, 0.2) is 55.1 Å². The van der Waals surface area contributed by atoms with Crippen LogP contribution in [0.4, 0.5) is 0 Å². The van der Waals surface area contributed by atoms with Gasteiger partial charge in [0.1, 0.15) is 17.7 Å². The number of nitrogens with zero attached hydrogens (tertiary/aromatic N) is 4. The van der Waals surface area contributed by atoms with Crippen LogP contribution in [-0.4, -0.2) is 30.8 Å². The van der Waals surface area contributed by atoms with Crippen molar-refractivity contribution >= 4 is 27.5 Å². The smallest absolute Gasteiger partial charge is 0.335 e. The molecule has 0 fully saturated rings. The maximum atomic E-state index is 11.0. The summed E-state index contributed by atoms with van der Waals surface area (Å²) in [5, 5.41) is 14.2. The van der Waals surface area contributed by atoms with Crippen molar-refractivity contribution < 1.29 is 9.90 Å². The molecule has 0 amide bonds. The molecule has 4 aromatic rings. The summed E-state index contributed by atoms with van der Waals surface area (Å²) in [4.78, 5) is 19.8. The quantitative estimate of drug-likeness (QED) is 0.528. The summed E-state index contributed by atoms with van der Waals surface area (Å²) in [7, 11) is 0. The van der Waals surface area contributed by atoms with E-state index in [1.807, 2.05) is 10.7 Å². The van der Waals surface area contributed by atoms with Crippen LogP contribution in [0, 0.1) is 0 Å². The number of hydrogen-bond donors (Lipinski definition) is 1. The number of carboxylic acids is 1. The molecule has 0 saturated carbocycles. The lowest BCUT2D eigenvalue weighted by Gasteiger charge is -2.16. The summed E-state index contributed by atoms with van der Waals surface area (Å²) in [6, 6.07) is 13.3. The number of carbonyl (C=O) groups is 1. The highest BCUT2D eigenvalue weighted by atomic mass is 32.1. The molecule has 4 rings (SSSR count). The molecule has 2 heterocycles. The van der Waals surface area contributed by atoms with E-state index >= 15 is 0 Å². The largest absolute Gasteiger partial charge is 0.478 e. The predicted molar refractivity (Wildman–Crippen MR) is 105 cm³/mol. The van der Waals surface area contributed by atoms with Crippen LogP contribution in [0.5, 0.6) is 0 Å². The third-order valence-electron chi connectivity index (χ3n) is 4.49. The number of benzene rings is 2. The molecule has 1 unspecified atom stereocenters. The molecular weight excluding hydrogens is 360 g/mol. The molecule has 0 aliphatic carbocycles. The van der Waals surface area contributed by atoms with Gasteiger partial charge >= 0.3 is 5.97 Å². The molecule has 2 aromatic heterocycles. The number of carboxylic acid groups (broad SMARTS) is 1. The molecule has 0 spiro atoms. The average Bonchev–Trinajstić information content (AvgIpc) is 3.35. The first kappa shape index (κ1) is 17.4. The van der Waals surface area contributed by atoms with E-state index < -0.39 is 5.97 Å². The molecule has 0 saturated heterocycles. The second kappa shape index (κ2) is 7.28. The number of rotatable bonds is 6. The van der Waals surface area contributed by atoms with E-state index in [0.29, 0.717) is 0 Å². The van der Waals surface area contributed by atoms with Crippen molar-refractivity contribution in [3.63, 3.8) is 0 Å². The predicted octanol–water partition coefficient (Wildman–Crippen LogP) is 4.64. The molecule has 0 aliphatic rings. The topological polar surface area (TPSA) is 80.9 Å². The Morgan fingerprint density at radius 2 is 2.04 bits per heavy atom. The van der Waals surface area contributed by atoms with Crippen molar-refractivity contribution in [3.8, 4) is 10.6 Å². The Morgan fingerprint density at radius 1 is 1.22 bits per heavy atom. The molecule has 136 valence electrons. The zero-order chi connectivity index (χ0) is 18.8. The minimum Gasteiger partial charge on any atom is -0.478 e. The lowest BCUT2D eigenvalue weighted by Crippen LogP contribution is -2.11. The Balaban J connectivity index is 1.70. The second-order valence-corrected chi connectivity index (χ2v) is 7.34. The van der Waals surface area contributed by atoms with Gasteiger partial charge in [-0.05, 0) is 36.2 Å². The zero-order valence-electron chi connectivity index (χ0n) is 14.7. The van der Waals surface area contributed by atoms with E-state index in [4.69, 9.17) is 10.1 Å². The summed E-state index contributed by atoms with van der Waals surface area (Å²) >= 11 is 1.61. The molecule has 7 heteroatoms. The van der Waals surface area contributed by atoms with Crippen molar-refractivity contribution in [2.75, 3.05) is 0 Å². The number of hydrogen-bond acceptors (Lipinski definition) is 5. The van der Waals surface area contributed by atoms with E-state index in [-0.39, 0.29) is 11.6 Å². The first-order valence-corrected chi connectivity index (χ1v) is 9.55. The number of aromatic carboxylic acids is 1. The van der Waals surface area contributed by atoms with Gasteiger partial charge in [-0.3, -0.25) is 0 Å². The summed E-state index contributed by atoms with van der Waals surface area (Å²) < 4.78 is 3.00.